The van der Waals surface area contributed by atoms with E-state index < -0.39 is 5.97 Å². The number of carboxylic acids is 1. The van der Waals surface area contributed by atoms with E-state index in [4.69, 9.17) is 4.42 Å². The third kappa shape index (κ3) is 3.06. The van der Waals surface area contributed by atoms with Crippen molar-refractivity contribution in [2.45, 2.75) is 51.9 Å². The number of hydrogen-bond acceptors (Lipinski definition) is 4. The maximum Gasteiger partial charge on any atom is 0.303 e. The fraction of sp³-hybridized carbons (Fsp3) is 0.562. The standard InChI is InChI=1S/C16H20N2O3/c1-11-5-6-12-15(17-11)18-13(21-12)9-16(10-14(19)20)7-3-2-4-8-16/h5-6H,2-4,7-10H2,1H3,(H,19,20). The number of carbonyl (C=O) groups is 1. The highest BCUT2D eigenvalue weighted by molar-refractivity contribution is 5.68. The van der Waals surface area contributed by atoms with Crippen LogP contribution in [0, 0.1) is 12.3 Å². The van der Waals surface area contributed by atoms with Gasteiger partial charge in [-0.05, 0) is 37.3 Å². The number of aliphatic carboxylic acids is 1. The van der Waals surface area contributed by atoms with Crippen LogP contribution in [0.3, 0.4) is 0 Å². The van der Waals surface area contributed by atoms with Gasteiger partial charge in [0.15, 0.2) is 17.1 Å². The van der Waals surface area contributed by atoms with E-state index in [1.807, 2.05) is 19.1 Å². The highest BCUT2D eigenvalue weighted by Crippen LogP contribution is 2.42. The smallest absolute Gasteiger partial charge is 0.303 e. The molecule has 1 aliphatic carbocycles. The molecule has 1 saturated carbocycles. The quantitative estimate of drug-likeness (QED) is 0.931. The minimum Gasteiger partial charge on any atom is -0.481 e. The van der Waals surface area contributed by atoms with E-state index in [0.717, 1.165) is 31.4 Å². The van der Waals surface area contributed by atoms with Gasteiger partial charge in [0.2, 0.25) is 0 Å². The van der Waals surface area contributed by atoms with Gasteiger partial charge in [0.25, 0.3) is 0 Å². The molecule has 0 saturated heterocycles. The summed E-state index contributed by atoms with van der Waals surface area (Å²) < 4.78 is 5.77. The molecule has 0 unspecified atom stereocenters. The molecule has 0 bridgehead atoms. The zero-order chi connectivity index (χ0) is 14.9. The van der Waals surface area contributed by atoms with Gasteiger partial charge in [0.05, 0.1) is 6.42 Å². The predicted octanol–water partition coefficient (Wildman–Crippen LogP) is 3.50. The monoisotopic (exact) mass is 288 g/mol. The lowest BCUT2D eigenvalue weighted by Gasteiger charge is -2.35. The summed E-state index contributed by atoms with van der Waals surface area (Å²) in [6.07, 6.45) is 6.02. The minimum absolute atomic E-state index is 0.193. The lowest BCUT2D eigenvalue weighted by molar-refractivity contribution is -0.140. The third-order valence-corrected chi connectivity index (χ3v) is 4.40. The average molecular weight is 288 g/mol. The van der Waals surface area contributed by atoms with E-state index in [9.17, 15) is 9.90 Å². The van der Waals surface area contributed by atoms with Crippen molar-refractivity contribution >= 4 is 17.2 Å². The second-order valence-electron chi connectivity index (χ2n) is 6.19. The number of nitrogens with zero attached hydrogens (tertiary/aromatic N) is 2. The van der Waals surface area contributed by atoms with E-state index in [-0.39, 0.29) is 11.8 Å². The summed E-state index contributed by atoms with van der Waals surface area (Å²) in [5, 5.41) is 9.22. The van der Waals surface area contributed by atoms with E-state index in [0.29, 0.717) is 23.5 Å². The number of rotatable bonds is 4. The van der Waals surface area contributed by atoms with E-state index in [1.165, 1.54) is 6.42 Å². The first-order valence-electron chi connectivity index (χ1n) is 7.51. The molecule has 2 aromatic heterocycles. The van der Waals surface area contributed by atoms with Crippen LogP contribution in [-0.2, 0) is 11.2 Å². The summed E-state index contributed by atoms with van der Waals surface area (Å²) in [5.74, 6) is -0.117. The number of aromatic nitrogens is 2. The van der Waals surface area contributed by atoms with Crippen LogP contribution < -0.4 is 0 Å². The van der Waals surface area contributed by atoms with E-state index in [1.54, 1.807) is 0 Å². The molecular weight excluding hydrogens is 268 g/mol. The van der Waals surface area contributed by atoms with Crippen LogP contribution in [0.5, 0.6) is 0 Å². The Morgan fingerprint density at radius 1 is 1.29 bits per heavy atom. The number of carboxylic acid groups (broad SMARTS) is 1. The second kappa shape index (κ2) is 5.47. The molecule has 1 fully saturated rings. The van der Waals surface area contributed by atoms with Crippen molar-refractivity contribution < 1.29 is 14.3 Å². The molecule has 0 radical (unpaired) electrons. The summed E-state index contributed by atoms with van der Waals surface area (Å²) in [6.45, 7) is 1.92. The molecule has 0 spiro atoms. The number of hydrogen-bond donors (Lipinski definition) is 1. The fourth-order valence-corrected chi connectivity index (χ4v) is 3.39. The fourth-order valence-electron chi connectivity index (χ4n) is 3.39. The van der Waals surface area contributed by atoms with Crippen LogP contribution in [0.4, 0.5) is 0 Å². The number of oxazole rings is 1. The normalized spacial score (nSPS) is 18.0. The van der Waals surface area contributed by atoms with Gasteiger partial charge in [0, 0.05) is 12.1 Å². The molecule has 5 nitrogen and oxygen atoms in total. The highest BCUT2D eigenvalue weighted by Gasteiger charge is 2.36. The van der Waals surface area contributed by atoms with Gasteiger partial charge < -0.3 is 9.52 Å². The van der Waals surface area contributed by atoms with Gasteiger partial charge in [-0.15, -0.1) is 0 Å². The lowest BCUT2D eigenvalue weighted by Crippen LogP contribution is -2.29. The Balaban J connectivity index is 1.88. The van der Waals surface area contributed by atoms with Crippen LogP contribution in [0.2, 0.25) is 0 Å². The van der Waals surface area contributed by atoms with Crippen LogP contribution in [0.25, 0.3) is 11.2 Å². The molecule has 0 aliphatic heterocycles. The van der Waals surface area contributed by atoms with Gasteiger partial charge in [-0.3, -0.25) is 4.79 Å². The summed E-state index contributed by atoms with van der Waals surface area (Å²) in [7, 11) is 0. The first-order valence-corrected chi connectivity index (χ1v) is 7.51. The van der Waals surface area contributed by atoms with Gasteiger partial charge in [-0.1, -0.05) is 19.3 Å². The average Bonchev–Trinajstić information content (AvgIpc) is 2.79. The molecule has 0 aromatic carbocycles. The van der Waals surface area contributed by atoms with Crippen molar-refractivity contribution in [3.05, 3.63) is 23.7 Å². The van der Waals surface area contributed by atoms with Gasteiger partial charge >= 0.3 is 5.97 Å². The Labute approximate surface area is 123 Å². The van der Waals surface area contributed by atoms with E-state index in [2.05, 4.69) is 9.97 Å². The number of aryl methyl sites for hydroxylation is 1. The van der Waals surface area contributed by atoms with Crippen LogP contribution in [0.15, 0.2) is 16.5 Å². The molecule has 0 amide bonds. The summed E-state index contributed by atoms with van der Waals surface area (Å²) >= 11 is 0. The maximum absolute atomic E-state index is 11.2. The summed E-state index contributed by atoms with van der Waals surface area (Å²) in [6, 6.07) is 3.77. The summed E-state index contributed by atoms with van der Waals surface area (Å²) in [4.78, 5) is 20.0. The van der Waals surface area contributed by atoms with Crippen molar-refractivity contribution in [3.8, 4) is 0 Å². The molecule has 5 heteroatoms. The summed E-state index contributed by atoms with van der Waals surface area (Å²) in [5.41, 5.74) is 1.99. The molecule has 2 heterocycles. The Morgan fingerprint density at radius 2 is 2.05 bits per heavy atom. The zero-order valence-corrected chi connectivity index (χ0v) is 12.3. The van der Waals surface area contributed by atoms with E-state index >= 15 is 0 Å². The molecule has 1 aliphatic rings. The first kappa shape index (κ1) is 14.0. The molecule has 0 atom stereocenters. The van der Waals surface area contributed by atoms with Crippen molar-refractivity contribution in [3.63, 3.8) is 0 Å². The van der Waals surface area contributed by atoms with Crippen molar-refractivity contribution in [1.82, 2.24) is 9.97 Å². The van der Waals surface area contributed by atoms with Crippen LogP contribution >= 0.6 is 0 Å². The van der Waals surface area contributed by atoms with Crippen molar-refractivity contribution in [2.24, 2.45) is 5.41 Å². The molecule has 112 valence electrons. The number of fused-ring (bicyclic) bond motifs is 1. The molecule has 3 rings (SSSR count). The molecule has 21 heavy (non-hydrogen) atoms. The molecule has 1 N–H and O–H groups in total. The van der Waals surface area contributed by atoms with Crippen LogP contribution in [0.1, 0.15) is 50.1 Å². The van der Waals surface area contributed by atoms with Gasteiger partial charge in [0.1, 0.15) is 0 Å². The largest absolute Gasteiger partial charge is 0.481 e. The number of pyridine rings is 1. The van der Waals surface area contributed by atoms with Crippen LogP contribution in [-0.4, -0.2) is 21.0 Å². The highest BCUT2D eigenvalue weighted by atomic mass is 16.4. The van der Waals surface area contributed by atoms with Gasteiger partial charge in [-0.25, -0.2) is 4.98 Å². The SMILES string of the molecule is Cc1ccc2oc(CC3(CC(=O)O)CCCCC3)nc2n1. The minimum atomic E-state index is -0.734. The van der Waals surface area contributed by atoms with Gasteiger partial charge in [-0.2, -0.15) is 4.98 Å². The Bertz CT molecular complexity index is 657. The van der Waals surface area contributed by atoms with Crippen molar-refractivity contribution in [2.75, 3.05) is 0 Å². The molecular formula is C16H20N2O3. The first-order chi connectivity index (χ1) is 10.1. The molecule has 2 aromatic rings. The Kier molecular flexibility index (Phi) is 3.66. The Hall–Kier alpha value is -1.91. The second-order valence-corrected chi connectivity index (χ2v) is 6.19. The Morgan fingerprint density at radius 3 is 2.76 bits per heavy atom. The lowest BCUT2D eigenvalue weighted by atomic mass is 9.69. The maximum atomic E-state index is 11.2. The van der Waals surface area contributed by atoms with Crippen molar-refractivity contribution in [1.29, 1.82) is 0 Å². The third-order valence-electron chi connectivity index (χ3n) is 4.40. The topological polar surface area (TPSA) is 76.2 Å². The predicted molar refractivity (Wildman–Crippen MR) is 78.0 cm³/mol. The zero-order valence-electron chi connectivity index (χ0n) is 12.3.